The molecular weight excluding hydrogens is 308 g/mol. The summed E-state index contributed by atoms with van der Waals surface area (Å²) in [5.74, 6) is 0.633. The van der Waals surface area contributed by atoms with Gasteiger partial charge in [-0.2, -0.15) is 4.68 Å². The summed E-state index contributed by atoms with van der Waals surface area (Å²) in [6.07, 6.45) is 0. The lowest BCUT2D eigenvalue weighted by atomic mass is 10.1. The first kappa shape index (κ1) is 13.8. The van der Waals surface area contributed by atoms with E-state index in [-0.39, 0.29) is 0 Å². The molecule has 0 unspecified atom stereocenters. The molecule has 0 atom stereocenters. The molecule has 7 heteroatoms. The van der Waals surface area contributed by atoms with Gasteiger partial charge in [0.1, 0.15) is 4.83 Å². The zero-order chi connectivity index (χ0) is 16.0. The molecule has 0 saturated carbocycles. The summed E-state index contributed by atoms with van der Waals surface area (Å²) in [5.41, 5.74) is 10.1. The quantitative estimate of drug-likeness (QED) is 0.613. The van der Waals surface area contributed by atoms with Crippen LogP contribution in [0.3, 0.4) is 0 Å². The summed E-state index contributed by atoms with van der Waals surface area (Å²) < 4.78 is 1.70. The van der Waals surface area contributed by atoms with Gasteiger partial charge in [-0.3, -0.25) is 0 Å². The average molecular weight is 322 g/mol. The number of aromatic nitrogens is 5. The molecule has 0 saturated heterocycles. The van der Waals surface area contributed by atoms with Crippen molar-refractivity contribution < 1.29 is 0 Å². The van der Waals surface area contributed by atoms with E-state index in [0.717, 1.165) is 32.0 Å². The minimum Gasteiger partial charge on any atom is -0.397 e. The Hall–Kier alpha value is -2.80. The third kappa shape index (κ3) is 2.17. The van der Waals surface area contributed by atoms with Crippen LogP contribution in [0, 0.1) is 13.8 Å². The molecule has 0 aliphatic rings. The smallest absolute Gasteiger partial charge is 0.199 e. The van der Waals surface area contributed by atoms with E-state index in [0.29, 0.717) is 11.5 Å². The molecule has 1 aromatic carbocycles. The number of nitrogens with zero attached hydrogens (tertiary/aromatic N) is 5. The largest absolute Gasteiger partial charge is 0.397 e. The van der Waals surface area contributed by atoms with Crippen LogP contribution >= 0.6 is 11.3 Å². The second kappa shape index (κ2) is 5.13. The maximum atomic E-state index is 6.39. The van der Waals surface area contributed by atoms with E-state index in [1.807, 2.05) is 50.2 Å². The molecular formula is C16H14N6S. The van der Waals surface area contributed by atoms with Crippen LogP contribution in [0.5, 0.6) is 0 Å². The predicted octanol–water partition coefficient (Wildman–Crippen LogP) is 3.14. The van der Waals surface area contributed by atoms with E-state index in [9.17, 15) is 0 Å². The summed E-state index contributed by atoms with van der Waals surface area (Å²) >= 11 is 1.52. The van der Waals surface area contributed by atoms with Gasteiger partial charge in [-0.15, -0.1) is 16.4 Å². The highest BCUT2D eigenvalue weighted by Crippen LogP contribution is 2.40. The number of para-hydroxylation sites is 1. The van der Waals surface area contributed by atoms with Gasteiger partial charge in [-0.1, -0.05) is 18.2 Å². The van der Waals surface area contributed by atoms with E-state index in [1.54, 1.807) is 4.68 Å². The van der Waals surface area contributed by atoms with Gasteiger partial charge >= 0.3 is 0 Å². The van der Waals surface area contributed by atoms with Crippen molar-refractivity contribution in [3.05, 3.63) is 47.7 Å². The molecule has 114 valence electrons. The normalized spacial score (nSPS) is 11.2. The lowest BCUT2D eigenvalue weighted by Gasteiger charge is -2.03. The Morgan fingerprint density at radius 1 is 1.13 bits per heavy atom. The number of hydrogen-bond donors (Lipinski definition) is 1. The summed E-state index contributed by atoms with van der Waals surface area (Å²) in [6, 6.07) is 11.8. The standard InChI is InChI=1S/C16H14N6S/c1-9-8-10(2)18-16-12(9)13(17)14(23-16)15-19-20-21-22(15)11-6-4-3-5-7-11/h3-8H,17H2,1-2H3. The molecule has 3 aromatic heterocycles. The third-order valence-corrected chi connectivity index (χ3v) is 4.79. The number of nitrogens with two attached hydrogens (primary N) is 1. The van der Waals surface area contributed by atoms with Gasteiger partial charge in [0.2, 0.25) is 0 Å². The van der Waals surface area contributed by atoms with Crippen LogP contribution in [-0.2, 0) is 0 Å². The number of rotatable bonds is 2. The summed E-state index contributed by atoms with van der Waals surface area (Å²) in [4.78, 5) is 6.35. The molecule has 0 fully saturated rings. The van der Waals surface area contributed by atoms with Crippen LogP contribution in [0.25, 0.3) is 26.6 Å². The number of nitrogen functional groups attached to an aromatic ring is 1. The Morgan fingerprint density at radius 3 is 2.70 bits per heavy atom. The van der Waals surface area contributed by atoms with E-state index in [2.05, 4.69) is 20.5 Å². The lowest BCUT2D eigenvalue weighted by molar-refractivity contribution is 0.791. The molecule has 0 aliphatic heterocycles. The first-order chi connectivity index (χ1) is 11.1. The number of thiophene rings is 1. The summed E-state index contributed by atoms with van der Waals surface area (Å²) in [6.45, 7) is 4.03. The van der Waals surface area contributed by atoms with E-state index < -0.39 is 0 Å². The third-order valence-electron chi connectivity index (χ3n) is 3.70. The molecule has 0 bridgehead atoms. The van der Waals surface area contributed by atoms with Gasteiger partial charge < -0.3 is 5.73 Å². The van der Waals surface area contributed by atoms with Gasteiger partial charge in [0, 0.05) is 11.1 Å². The van der Waals surface area contributed by atoms with Crippen molar-refractivity contribution in [2.45, 2.75) is 13.8 Å². The number of tetrazole rings is 1. The minimum atomic E-state index is 0.633. The van der Waals surface area contributed by atoms with Crippen LogP contribution in [0.1, 0.15) is 11.3 Å². The van der Waals surface area contributed by atoms with E-state index in [1.165, 1.54) is 11.3 Å². The van der Waals surface area contributed by atoms with Gasteiger partial charge in [0.15, 0.2) is 5.82 Å². The number of aryl methyl sites for hydroxylation is 2. The second-order valence-corrected chi connectivity index (χ2v) is 6.35. The topological polar surface area (TPSA) is 82.5 Å². The van der Waals surface area contributed by atoms with Gasteiger partial charge in [-0.05, 0) is 48.0 Å². The van der Waals surface area contributed by atoms with Crippen molar-refractivity contribution in [3.63, 3.8) is 0 Å². The summed E-state index contributed by atoms with van der Waals surface area (Å²) in [7, 11) is 0. The second-order valence-electron chi connectivity index (χ2n) is 5.36. The molecule has 3 heterocycles. The van der Waals surface area contributed by atoms with Crippen molar-refractivity contribution in [1.82, 2.24) is 25.2 Å². The maximum Gasteiger partial charge on any atom is 0.199 e. The Labute approximate surface area is 136 Å². The number of hydrogen-bond acceptors (Lipinski definition) is 6. The van der Waals surface area contributed by atoms with Gasteiger partial charge in [0.25, 0.3) is 0 Å². The fourth-order valence-corrected chi connectivity index (χ4v) is 3.89. The Kier molecular flexibility index (Phi) is 3.09. The van der Waals surface area contributed by atoms with Crippen molar-refractivity contribution in [2.24, 2.45) is 0 Å². The highest BCUT2D eigenvalue weighted by Gasteiger charge is 2.20. The highest BCUT2D eigenvalue weighted by atomic mass is 32.1. The Morgan fingerprint density at radius 2 is 1.91 bits per heavy atom. The monoisotopic (exact) mass is 322 g/mol. The van der Waals surface area contributed by atoms with Crippen LogP contribution in [0.2, 0.25) is 0 Å². The zero-order valence-electron chi connectivity index (χ0n) is 12.7. The molecule has 0 aliphatic carbocycles. The van der Waals surface area contributed by atoms with Crippen LogP contribution in [-0.4, -0.2) is 25.2 Å². The van der Waals surface area contributed by atoms with Crippen LogP contribution in [0.15, 0.2) is 36.4 Å². The van der Waals surface area contributed by atoms with Crippen molar-refractivity contribution in [1.29, 1.82) is 0 Å². The lowest BCUT2D eigenvalue weighted by Crippen LogP contribution is -1.99. The number of benzene rings is 1. The molecule has 2 N–H and O–H groups in total. The fraction of sp³-hybridized carbons (Fsp3) is 0.125. The van der Waals surface area contributed by atoms with Crippen molar-refractivity contribution in [2.75, 3.05) is 5.73 Å². The van der Waals surface area contributed by atoms with E-state index >= 15 is 0 Å². The molecule has 0 amide bonds. The minimum absolute atomic E-state index is 0.633. The maximum absolute atomic E-state index is 6.39. The Balaban J connectivity index is 1.97. The first-order valence-electron chi connectivity index (χ1n) is 7.15. The number of fused-ring (bicyclic) bond motifs is 1. The zero-order valence-corrected chi connectivity index (χ0v) is 13.5. The molecule has 0 radical (unpaired) electrons. The molecule has 0 spiro atoms. The number of anilines is 1. The molecule has 4 aromatic rings. The fourth-order valence-electron chi connectivity index (χ4n) is 2.71. The molecule has 6 nitrogen and oxygen atoms in total. The molecule has 23 heavy (non-hydrogen) atoms. The highest BCUT2D eigenvalue weighted by molar-refractivity contribution is 7.22. The Bertz CT molecular complexity index is 1000. The molecule has 4 rings (SSSR count). The first-order valence-corrected chi connectivity index (χ1v) is 7.97. The van der Waals surface area contributed by atoms with Gasteiger partial charge in [0.05, 0.1) is 16.3 Å². The van der Waals surface area contributed by atoms with Gasteiger partial charge in [-0.25, -0.2) is 4.98 Å². The SMILES string of the molecule is Cc1cc(C)c2c(N)c(-c3nnnn3-c3ccccc3)sc2n1. The predicted molar refractivity (Wildman–Crippen MR) is 91.7 cm³/mol. The van der Waals surface area contributed by atoms with Crippen molar-refractivity contribution in [3.8, 4) is 16.4 Å². The van der Waals surface area contributed by atoms with Crippen LogP contribution < -0.4 is 5.73 Å². The van der Waals surface area contributed by atoms with Crippen LogP contribution in [0.4, 0.5) is 5.69 Å². The van der Waals surface area contributed by atoms with Crippen molar-refractivity contribution >= 4 is 27.2 Å². The summed E-state index contributed by atoms with van der Waals surface area (Å²) in [5, 5.41) is 13.1. The average Bonchev–Trinajstić information content (AvgIpc) is 3.12. The number of pyridine rings is 1. The van der Waals surface area contributed by atoms with E-state index in [4.69, 9.17) is 5.73 Å².